The number of nitrogens with one attached hydrogen (secondary N) is 2. The monoisotopic (exact) mass is 306 g/mol. The van der Waals surface area contributed by atoms with Gasteiger partial charge in [-0.25, -0.2) is 0 Å². The van der Waals surface area contributed by atoms with E-state index in [1.165, 1.54) is 25.7 Å². The lowest BCUT2D eigenvalue weighted by Gasteiger charge is -2.20. The van der Waals surface area contributed by atoms with Gasteiger partial charge in [-0.2, -0.15) is 0 Å². The minimum Gasteiger partial charge on any atom is -0.273 e. The molecule has 1 aromatic rings. The highest BCUT2D eigenvalue weighted by Crippen LogP contribution is 2.49. The Morgan fingerprint density at radius 2 is 2.05 bits per heavy atom. The highest BCUT2D eigenvalue weighted by Gasteiger charge is 2.40. The van der Waals surface area contributed by atoms with E-state index in [1.54, 1.807) is 24.3 Å². The van der Waals surface area contributed by atoms with Crippen molar-refractivity contribution in [2.45, 2.75) is 32.1 Å². The number of hydrazine groups is 1. The maximum atomic E-state index is 11.9. The Bertz CT molecular complexity index is 561. The van der Waals surface area contributed by atoms with E-state index in [1.807, 2.05) is 0 Å². The average molecular weight is 307 g/mol. The molecule has 3 rings (SSSR count). The SMILES string of the molecule is O=C(C[C@H]1C[C@H]2CC[C@@H]1C2)NNC(=O)c1cccc(Cl)c1. The van der Waals surface area contributed by atoms with Crippen LogP contribution in [0.15, 0.2) is 24.3 Å². The number of carbonyl (C=O) groups excluding carboxylic acids is 2. The molecule has 2 aliphatic carbocycles. The van der Waals surface area contributed by atoms with E-state index in [-0.39, 0.29) is 11.8 Å². The summed E-state index contributed by atoms with van der Waals surface area (Å²) in [7, 11) is 0. The molecule has 0 heterocycles. The van der Waals surface area contributed by atoms with Gasteiger partial charge in [-0.15, -0.1) is 0 Å². The van der Waals surface area contributed by atoms with Crippen molar-refractivity contribution < 1.29 is 9.59 Å². The van der Waals surface area contributed by atoms with Gasteiger partial charge in [0, 0.05) is 17.0 Å². The molecule has 2 fully saturated rings. The largest absolute Gasteiger partial charge is 0.273 e. The van der Waals surface area contributed by atoms with E-state index in [2.05, 4.69) is 10.9 Å². The molecule has 0 aromatic heterocycles. The highest BCUT2D eigenvalue weighted by atomic mass is 35.5. The van der Waals surface area contributed by atoms with Crippen LogP contribution < -0.4 is 10.9 Å². The fraction of sp³-hybridized carbons (Fsp3) is 0.500. The number of hydrogen-bond acceptors (Lipinski definition) is 2. The Morgan fingerprint density at radius 1 is 1.19 bits per heavy atom. The van der Waals surface area contributed by atoms with Crippen LogP contribution in [-0.4, -0.2) is 11.8 Å². The standard InChI is InChI=1S/C16H19ClN2O2/c17-14-3-1-2-12(8-14)16(21)19-18-15(20)9-13-7-10-4-5-11(13)6-10/h1-3,8,10-11,13H,4-7,9H2,(H,18,20)(H,19,21)/t10-,11+,13+/m0/s1. The first kappa shape index (κ1) is 14.4. The zero-order valence-electron chi connectivity index (χ0n) is 11.8. The van der Waals surface area contributed by atoms with Crippen molar-refractivity contribution in [1.29, 1.82) is 0 Å². The van der Waals surface area contributed by atoms with E-state index < -0.39 is 0 Å². The molecule has 0 radical (unpaired) electrons. The van der Waals surface area contributed by atoms with Gasteiger partial charge in [0.15, 0.2) is 0 Å². The lowest BCUT2D eigenvalue weighted by molar-refractivity contribution is -0.123. The molecule has 2 N–H and O–H groups in total. The zero-order chi connectivity index (χ0) is 14.8. The lowest BCUT2D eigenvalue weighted by atomic mass is 9.86. The summed E-state index contributed by atoms with van der Waals surface area (Å²) in [5, 5.41) is 0.496. The molecule has 0 spiro atoms. The van der Waals surface area contributed by atoms with Crippen LogP contribution in [0.25, 0.3) is 0 Å². The topological polar surface area (TPSA) is 58.2 Å². The van der Waals surface area contributed by atoms with Crippen LogP contribution in [-0.2, 0) is 4.79 Å². The smallest absolute Gasteiger partial charge is 0.269 e. The Balaban J connectivity index is 1.46. The summed E-state index contributed by atoms with van der Waals surface area (Å²) in [4.78, 5) is 23.8. The molecular formula is C16H19ClN2O2. The summed E-state index contributed by atoms with van der Waals surface area (Å²) in [5.41, 5.74) is 5.39. The first-order valence-electron chi connectivity index (χ1n) is 7.46. The van der Waals surface area contributed by atoms with Gasteiger partial charge < -0.3 is 0 Å². The number of amides is 2. The second-order valence-electron chi connectivity index (χ2n) is 6.15. The normalized spacial score (nSPS) is 26.6. The number of carbonyl (C=O) groups is 2. The average Bonchev–Trinajstić information content (AvgIpc) is 3.07. The van der Waals surface area contributed by atoms with E-state index in [9.17, 15) is 9.59 Å². The summed E-state index contributed by atoms with van der Waals surface area (Å²) >= 11 is 5.83. The number of fused-ring (bicyclic) bond motifs is 2. The Hall–Kier alpha value is -1.55. The van der Waals surface area contributed by atoms with Crippen LogP contribution in [0.4, 0.5) is 0 Å². The van der Waals surface area contributed by atoms with Crippen molar-refractivity contribution in [3.63, 3.8) is 0 Å². The number of benzene rings is 1. The molecule has 2 bridgehead atoms. The third-order valence-corrected chi connectivity index (χ3v) is 4.97. The molecule has 3 atom stereocenters. The maximum absolute atomic E-state index is 11.9. The van der Waals surface area contributed by atoms with E-state index in [4.69, 9.17) is 11.6 Å². The molecule has 2 amide bonds. The molecule has 2 saturated carbocycles. The van der Waals surface area contributed by atoms with Gasteiger partial charge in [-0.05, 0) is 55.2 Å². The van der Waals surface area contributed by atoms with Gasteiger partial charge in [0.2, 0.25) is 5.91 Å². The molecule has 0 saturated heterocycles. The molecule has 21 heavy (non-hydrogen) atoms. The van der Waals surface area contributed by atoms with Crippen molar-refractivity contribution in [2.24, 2.45) is 17.8 Å². The fourth-order valence-electron chi connectivity index (χ4n) is 3.74. The predicted octanol–water partition coefficient (Wildman–Crippen LogP) is 2.93. The van der Waals surface area contributed by atoms with Gasteiger partial charge in [0.05, 0.1) is 0 Å². The highest BCUT2D eigenvalue weighted by molar-refractivity contribution is 6.30. The number of rotatable bonds is 3. The van der Waals surface area contributed by atoms with Gasteiger partial charge in [-0.1, -0.05) is 24.1 Å². The molecule has 0 aliphatic heterocycles. The predicted molar refractivity (Wildman–Crippen MR) is 80.6 cm³/mol. The second-order valence-corrected chi connectivity index (χ2v) is 6.59. The maximum Gasteiger partial charge on any atom is 0.269 e. The fourth-order valence-corrected chi connectivity index (χ4v) is 3.93. The van der Waals surface area contributed by atoms with E-state index >= 15 is 0 Å². The first-order valence-corrected chi connectivity index (χ1v) is 7.84. The Labute approximate surface area is 129 Å². The van der Waals surface area contributed by atoms with Crippen LogP contribution >= 0.6 is 11.6 Å². The summed E-state index contributed by atoms with van der Waals surface area (Å²) in [5.74, 6) is 1.58. The summed E-state index contributed by atoms with van der Waals surface area (Å²) in [6.07, 6.45) is 5.55. The van der Waals surface area contributed by atoms with Gasteiger partial charge >= 0.3 is 0 Å². The van der Waals surface area contributed by atoms with Gasteiger partial charge in [0.25, 0.3) is 5.91 Å². The minimum atomic E-state index is -0.348. The molecular weight excluding hydrogens is 288 g/mol. The lowest BCUT2D eigenvalue weighted by Crippen LogP contribution is -2.42. The summed E-state index contributed by atoms with van der Waals surface area (Å²) in [6, 6.07) is 6.63. The van der Waals surface area contributed by atoms with Gasteiger partial charge in [0.1, 0.15) is 0 Å². The van der Waals surface area contributed by atoms with Crippen molar-refractivity contribution in [3.8, 4) is 0 Å². The Kier molecular flexibility index (Phi) is 4.15. The summed E-state index contributed by atoms with van der Waals surface area (Å²) < 4.78 is 0. The molecule has 4 nitrogen and oxygen atoms in total. The van der Waals surface area contributed by atoms with Crippen LogP contribution in [0.5, 0.6) is 0 Å². The third-order valence-electron chi connectivity index (χ3n) is 4.73. The molecule has 5 heteroatoms. The van der Waals surface area contributed by atoms with E-state index in [0.29, 0.717) is 28.8 Å². The Morgan fingerprint density at radius 3 is 2.71 bits per heavy atom. The second kappa shape index (κ2) is 6.06. The van der Waals surface area contributed by atoms with E-state index in [0.717, 1.165) is 5.92 Å². The quantitative estimate of drug-likeness (QED) is 0.844. The molecule has 1 aromatic carbocycles. The van der Waals surface area contributed by atoms with Crippen LogP contribution in [0.3, 0.4) is 0 Å². The van der Waals surface area contributed by atoms with Crippen LogP contribution in [0, 0.1) is 17.8 Å². The zero-order valence-corrected chi connectivity index (χ0v) is 12.5. The molecule has 112 valence electrons. The van der Waals surface area contributed by atoms with Crippen molar-refractivity contribution >= 4 is 23.4 Å². The first-order chi connectivity index (χ1) is 10.1. The van der Waals surface area contributed by atoms with Crippen molar-refractivity contribution in [2.75, 3.05) is 0 Å². The number of halogens is 1. The summed E-state index contributed by atoms with van der Waals surface area (Å²) in [6.45, 7) is 0. The number of hydrogen-bond donors (Lipinski definition) is 2. The molecule has 2 aliphatic rings. The van der Waals surface area contributed by atoms with Crippen molar-refractivity contribution in [3.05, 3.63) is 34.9 Å². The van der Waals surface area contributed by atoms with Crippen LogP contribution in [0.2, 0.25) is 5.02 Å². The van der Waals surface area contributed by atoms with Crippen molar-refractivity contribution in [1.82, 2.24) is 10.9 Å². The van der Waals surface area contributed by atoms with Gasteiger partial charge in [-0.3, -0.25) is 20.4 Å². The van der Waals surface area contributed by atoms with Crippen LogP contribution in [0.1, 0.15) is 42.5 Å². The third kappa shape index (κ3) is 3.38. The minimum absolute atomic E-state index is 0.108. The molecule has 0 unspecified atom stereocenters.